The number of hydrogen-bond acceptors (Lipinski definition) is 4. The van der Waals surface area contributed by atoms with E-state index in [4.69, 9.17) is 5.11 Å². The van der Waals surface area contributed by atoms with Crippen molar-refractivity contribution in [2.75, 3.05) is 0 Å². The SMILES string of the molecule is Cc1ccc(S(=O)(=O)n2c(CC(=O)CCC(=O)O)cc3ccc(C)cc32)cc1. The quantitative estimate of drug-likeness (QED) is 0.657. The van der Waals surface area contributed by atoms with Gasteiger partial charge < -0.3 is 5.11 Å². The lowest BCUT2D eigenvalue weighted by molar-refractivity contribution is -0.138. The van der Waals surface area contributed by atoms with E-state index in [1.807, 2.05) is 26.0 Å². The molecule has 146 valence electrons. The van der Waals surface area contributed by atoms with Crippen molar-refractivity contribution >= 4 is 32.7 Å². The first-order valence-corrected chi connectivity index (χ1v) is 10.3. The van der Waals surface area contributed by atoms with Crippen molar-refractivity contribution in [3.05, 3.63) is 65.4 Å². The Morgan fingerprint density at radius 3 is 2.21 bits per heavy atom. The number of aliphatic carboxylic acids is 1. The number of aryl methyl sites for hydroxylation is 2. The van der Waals surface area contributed by atoms with Gasteiger partial charge in [0.25, 0.3) is 10.0 Å². The number of Topliss-reactive ketones (excluding diaryl/α,β-unsaturated/α-hetero) is 1. The Bertz CT molecular complexity index is 1160. The second kappa shape index (κ2) is 7.59. The van der Waals surface area contributed by atoms with Crippen LogP contribution in [-0.4, -0.2) is 29.2 Å². The van der Waals surface area contributed by atoms with Crippen LogP contribution in [0, 0.1) is 13.8 Å². The van der Waals surface area contributed by atoms with Gasteiger partial charge in [0.15, 0.2) is 0 Å². The summed E-state index contributed by atoms with van der Waals surface area (Å²) in [5, 5.41) is 9.49. The van der Waals surface area contributed by atoms with Crippen molar-refractivity contribution in [2.24, 2.45) is 0 Å². The van der Waals surface area contributed by atoms with Crippen molar-refractivity contribution < 1.29 is 23.1 Å². The number of rotatable bonds is 7. The zero-order valence-corrected chi connectivity index (χ0v) is 16.5. The zero-order valence-electron chi connectivity index (χ0n) is 15.7. The minimum atomic E-state index is -3.92. The average Bonchev–Trinajstić information content (AvgIpc) is 2.98. The molecule has 28 heavy (non-hydrogen) atoms. The number of hydrogen-bond donors (Lipinski definition) is 1. The molecule has 0 aliphatic heterocycles. The highest BCUT2D eigenvalue weighted by atomic mass is 32.2. The molecule has 3 rings (SSSR count). The lowest BCUT2D eigenvalue weighted by Crippen LogP contribution is -2.18. The number of aromatic nitrogens is 1. The molecular weight excluding hydrogens is 378 g/mol. The van der Waals surface area contributed by atoms with Gasteiger partial charge in [-0.15, -0.1) is 0 Å². The number of carboxylic acid groups (broad SMARTS) is 1. The summed E-state index contributed by atoms with van der Waals surface area (Å²) in [6.07, 6.45) is -0.560. The second-order valence-corrected chi connectivity index (χ2v) is 8.68. The first-order valence-electron chi connectivity index (χ1n) is 8.85. The predicted octanol–water partition coefficient (Wildman–Crippen LogP) is 3.47. The molecular formula is C21H21NO5S. The maximum Gasteiger partial charge on any atom is 0.303 e. The highest BCUT2D eigenvalue weighted by molar-refractivity contribution is 7.90. The Balaban J connectivity index is 2.13. The number of benzene rings is 2. The molecule has 1 aromatic heterocycles. The first-order chi connectivity index (χ1) is 13.2. The third-order valence-electron chi connectivity index (χ3n) is 4.54. The molecule has 0 radical (unpaired) electrons. The number of nitrogens with zero attached hydrogens (tertiary/aromatic N) is 1. The predicted molar refractivity (Wildman–Crippen MR) is 106 cm³/mol. The minimum absolute atomic E-state index is 0.136. The fourth-order valence-electron chi connectivity index (χ4n) is 3.10. The molecule has 2 aromatic carbocycles. The summed E-state index contributed by atoms with van der Waals surface area (Å²) in [6, 6.07) is 13.7. The molecule has 0 aliphatic carbocycles. The van der Waals surface area contributed by atoms with Gasteiger partial charge in [0, 0.05) is 23.9 Å². The summed E-state index contributed by atoms with van der Waals surface area (Å²) in [5.74, 6) is -1.38. The molecule has 0 saturated carbocycles. The van der Waals surface area contributed by atoms with Gasteiger partial charge in [-0.2, -0.15) is 0 Å². The highest BCUT2D eigenvalue weighted by Gasteiger charge is 2.24. The van der Waals surface area contributed by atoms with Gasteiger partial charge in [-0.3, -0.25) is 9.59 Å². The minimum Gasteiger partial charge on any atom is -0.481 e. The van der Waals surface area contributed by atoms with Crippen LogP contribution in [0.5, 0.6) is 0 Å². The van der Waals surface area contributed by atoms with Gasteiger partial charge in [-0.25, -0.2) is 12.4 Å². The van der Waals surface area contributed by atoms with E-state index in [1.165, 1.54) is 3.97 Å². The van der Waals surface area contributed by atoms with Crippen LogP contribution in [0.3, 0.4) is 0 Å². The van der Waals surface area contributed by atoms with Crippen LogP contribution >= 0.6 is 0 Å². The summed E-state index contributed by atoms with van der Waals surface area (Å²) in [7, 11) is -3.92. The van der Waals surface area contributed by atoms with Gasteiger partial charge in [0.1, 0.15) is 5.78 Å². The number of fused-ring (bicyclic) bond motifs is 1. The highest BCUT2D eigenvalue weighted by Crippen LogP contribution is 2.27. The third-order valence-corrected chi connectivity index (χ3v) is 6.32. The zero-order chi connectivity index (χ0) is 20.5. The van der Waals surface area contributed by atoms with Crippen LogP contribution < -0.4 is 0 Å². The number of carboxylic acids is 1. The molecule has 0 spiro atoms. The van der Waals surface area contributed by atoms with Gasteiger partial charge in [-0.1, -0.05) is 29.8 Å². The van der Waals surface area contributed by atoms with Crippen LogP contribution in [0.1, 0.15) is 29.7 Å². The lowest BCUT2D eigenvalue weighted by atomic mass is 10.1. The molecule has 0 fully saturated rings. The van der Waals surface area contributed by atoms with Crippen molar-refractivity contribution in [1.29, 1.82) is 0 Å². The van der Waals surface area contributed by atoms with E-state index in [9.17, 15) is 18.0 Å². The summed E-state index contributed by atoms with van der Waals surface area (Å²) in [4.78, 5) is 23.1. The molecule has 3 aromatic rings. The van der Waals surface area contributed by atoms with Gasteiger partial charge in [0.2, 0.25) is 0 Å². The fourth-order valence-corrected chi connectivity index (χ4v) is 4.64. The Morgan fingerprint density at radius 1 is 0.929 bits per heavy atom. The monoisotopic (exact) mass is 399 g/mol. The number of carbonyl (C=O) groups is 2. The Hall–Kier alpha value is -2.93. The standard InChI is InChI=1S/C21H21NO5S/c1-14-4-8-19(9-5-14)28(26,27)22-17(13-18(23)7-10-21(24)25)12-16-6-3-15(2)11-20(16)22/h3-6,8-9,11-12H,7,10,13H2,1-2H3,(H,24,25). The van der Waals surface area contributed by atoms with Gasteiger partial charge in [-0.05, 0) is 43.7 Å². The molecule has 7 heteroatoms. The smallest absolute Gasteiger partial charge is 0.303 e. The number of carbonyl (C=O) groups excluding carboxylic acids is 1. The molecule has 0 bridgehead atoms. The molecule has 6 nitrogen and oxygen atoms in total. The van der Waals surface area contributed by atoms with E-state index in [-0.39, 0.29) is 29.9 Å². The molecule has 0 unspecified atom stereocenters. The first kappa shape index (κ1) is 19.8. The fraction of sp³-hybridized carbons (Fsp3) is 0.238. The van der Waals surface area contributed by atoms with Crippen LogP contribution in [0.15, 0.2) is 53.4 Å². The molecule has 1 N–H and O–H groups in total. The summed E-state index contributed by atoms with van der Waals surface area (Å²) in [6.45, 7) is 3.74. The van der Waals surface area contributed by atoms with Crippen molar-refractivity contribution in [2.45, 2.75) is 38.0 Å². The average molecular weight is 399 g/mol. The van der Waals surface area contributed by atoms with Gasteiger partial charge >= 0.3 is 5.97 Å². The molecule has 0 atom stereocenters. The Labute approximate surface area is 163 Å². The van der Waals surface area contributed by atoms with E-state index in [2.05, 4.69) is 0 Å². The molecule has 0 amide bonds. The lowest BCUT2D eigenvalue weighted by Gasteiger charge is -2.12. The van der Waals surface area contributed by atoms with Gasteiger partial charge in [0.05, 0.1) is 16.8 Å². The third kappa shape index (κ3) is 3.99. The van der Waals surface area contributed by atoms with Crippen LogP contribution in [0.25, 0.3) is 10.9 Å². The van der Waals surface area contributed by atoms with Crippen molar-refractivity contribution in [3.8, 4) is 0 Å². The molecule has 0 aliphatic rings. The van der Waals surface area contributed by atoms with Crippen LogP contribution in [0.4, 0.5) is 0 Å². The Morgan fingerprint density at radius 2 is 1.57 bits per heavy atom. The molecule has 1 heterocycles. The van der Waals surface area contributed by atoms with E-state index in [1.54, 1.807) is 36.4 Å². The summed E-state index contributed by atoms with van der Waals surface area (Å²) >= 11 is 0. The number of ketones is 1. The summed E-state index contributed by atoms with van der Waals surface area (Å²) in [5.41, 5.74) is 2.67. The maximum absolute atomic E-state index is 13.4. The largest absolute Gasteiger partial charge is 0.481 e. The van der Waals surface area contributed by atoms with E-state index in [0.29, 0.717) is 16.6 Å². The second-order valence-electron chi connectivity index (χ2n) is 6.89. The van der Waals surface area contributed by atoms with Crippen LogP contribution in [-0.2, 0) is 26.0 Å². The topological polar surface area (TPSA) is 93.4 Å². The summed E-state index contributed by atoms with van der Waals surface area (Å²) < 4.78 is 27.9. The Kier molecular flexibility index (Phi) is 5.38. The molecule has 0 saturated heterocycles. The van der Waals surface area contributed by atoms with E-state index >= 15 is 0 Å². The maximum atomic E-state index is 13.4. The van der Waals surface area contributed by atoms with Crippen LogP contribution in [0.2, 0.25) is 0 Å². The van der Waals surface area contributed by atoms with E-state index in [0.717, 1.165) is 11.1 Å². The van der Waals surface area contributed by atoms with Crippen molar-refractivity contribution in [3.63, 3.8) is 0 Å². The normalized spacial score (nSPS) is 11.6. The van der Waals surface area contributed by atoms with Crippen molar-refractivity contribution in [1.82, 2.24) is 3.97 Å². The van der Waals surface area contributed by atoms with E-state index < -0.39 is 16.0 Å².